The summed E-state index contributed by atoms with van der Waals surface area (Å²) in [7, 11) is -2.17. The molecule has 0 aromatic rings. The molecule has 0 atom stereocenters. The van der Waals surface area contributed by atoms with Crippen LogP contribution in [0, 0.1) is 0 Å². The minimum absolute atomic E-state index is 0. The molecule has 0 fully saturated rings. The number of carbonyl (C=O) groups excluding carboxylic acids is 2. The molecule has 4 N–H and O–H groups in total. The number of Topliss-reactive ketones (excluding diaryl/α,β-unsaturated/α-hetero) is 1. The number of nitrogens with zero attached hydrogens (tertiary/aromatic N) is 1. The largest absolute Gasteiger partial charge is 1.00 e. The number of carboxylic acids is 1. The van der Waals surface area contributed by atoms with Gasteiger partial charge in [0, 0.05) is 0 Å². The molecular formula is C4H7BKNO7S2. The summed E-state index contributed by atoms with van der Waals surface area (Å²) in [4.78, 5) is 32.9. The summed E-state index contributed by atoms with van der Waals surface area (Å²) in [6.07, 6.45) is 0.982. The number of carbonyl (C=O) groups is 2. The summed E-state index contributed by atoms with van der Waals surface area (Å²) in [6, 6.07) is 0. The maximum atomic E-state index is 10.5. The van der Waals surface area contributed by atoms with E-state index >= 15 is 0 Å². The number of aliphatic carboxylic acids is 1. The van der Waals surface area contributed by atoms with Crippen molar-refractivity contribution in [3.8, 4) is 0 Å². The van der Waals surface area contributed by atoms with Gasteiger partial charge in [-0.25, -0.2) is 9.59 Å². The number of hydrogen-bond donors (Lipinski definition) is 6. The summed E-state index contributed by atoms with van der Waals surface area (Å²) in [6.45, 7) is 0. The van der Waals surface area contributed by atoms with Crippen molar-refractivity contribution in [3.63, 3.8) is 0 Å². The Labute approximate surface area is 145 Å². The van der Waals surface area contributed by atoms with E-state index in [4.69, 9.17) is 20.2 Å². The van der Waals surface area contributed by atoms with Crippen LogP contribution in [0.1, 0.15) is 1.43 Å². The molecule has 16 heavy (non-hydrogen) atoms. The Morgan fingerprint density at radius 2 is 1.62 bits per heavy atom. The van der Waals surface area contributed by atoms with Gasteiger partial charge in [0.05, 0.1) is 0 Å². The van der Waals surface area contributed by atoms with Gasteiger partial charge in [0.15, 0.2) is 0 Å². The maximum absolute atomic E-state index is 10.5. The molecule has 0 heterocycles. The third-order valence-electron chi connectivity index (χ3n) is 0.700. The van der Waals surface area contributed by atoms with Crippen LogP contribution in [-0.4, -0.2) is 49.5 Å². The fourth-order valence-electron chi connectivity index (χ4n) is 0.258. The first-order valence-electron chi connectivity index (χ1n) is 3.01. The Bertz CT molecular complexity index is 295. The Balaban J connectivity index is -0.000000123. The average molecular weight is 295 g/mol. The van der Waals surface area contributed by atoms with Crippen molar-refractivity contribution in [2.45, 2.75) is 4.20 Å². The smallest absolute Gasteiger partial charge is 1.00 e. The van der Waals surface area contributed by atoms with Crippen molar-refractivity contribution in [1.82, 2.24) is 0 Å². The first-order valence-corrected chi connectivity index (χ1v) is 3.90. The van der Waals surface area contributed by atoms with Crippen LogP contribution in [0.2, 0.25) is 0 Å². The van der Waals surface area contributed by atoms with E-state index in [0.29, 0.717) is 0 Å². The Hall–Kier alpha value is 0.801. The van der Waals surface area contributed by atoms with E-state index in [1.165, 1.54) is 0 Å². The van der Waals surface area contributed by atoms with Crippen LogP contribution in [0.5, 0.6) is 0 Å². The second-order valence-corrected chi connectivity index (χ2v) is 3.47. The van der Waals surface area contributed by atoms with Gasteiger partial charge in [0.25, 0.3) is 5.78 Å². The molecule has 86 valence electrons. The molecule has 8 nitrogen and oxygen atoms in total. The third-order valence-corrected chi connectivity index (χ3v) is 1.31. The summed E-state index contributed by atoms with van der Waals surface area (Å²) in [5.41, 5.74) is 0. The fourth-order valence-corrected chi connectivity index (χ4v) is 0.531. The summed E-state index contributed by atoms with van der Waals surface area (Å²) < 4.78 is -2.12. The van der Waals surface area contributed by atoms with Gasteiger partial charge in [0.2, 0.25) is 10.3 Å². The minimum atomic E-state index is -2.17. The summed E-state index contributed by atoms with van der Waals surface area (Å²) in [5.74, 6) is -3.15. The number of hydrogen-bond acceptors (Lipinski definition) is 9. The molecule has 0 rings (SSSR count). The van der Waals surface area contributed by atoms with Crippen molar-refractivity contribution in [2.24, 2.45) is 4.99 Å². The van der Waals surface area contributed by atoms with Crippen LogP contribution in [0.4, 0.5) is 0 Å². The monoisotopic (exact) mass is 295 g/mol. The molecule has 0 aromatic carbocycles. The maximum Gasteiger partial charge on any atom is 1.00 e. The molecule has 0 unspecified atom stereocenters. The average Bonchev–Trinajstić information content (AvgIpc) is 2.01. The molecule has 0 radical (unpaired) electrons. The zero-order valence-electron chi connectivity index (χ0n) is 8.93. The van der Waals surface area contributed by atoms with E-state index in [-0.39, 0.29) is 52.8 Å². The summed E-state index contributed by atoms with van der Waals surface area (Å²) >= 11 is 6.81. The molecule has 0 saturated carbocycles. The van der Waals surface area contributed by atoms with Gasteiger partial charge in [-0.3, -0.25) is 4.79 Å². The van der Waals surface area contributed by atoms with Crippen molar-refractivity contribution < 1.29 is 87.4 Å². The molecule has 0 amide bonds. The third kappa shape index (κ3) is 12.9. The van der Waals surface area contributed by atoms with Gasteiger partial charge >= 0.3 is 64.7 Å². The molecule has 12 heteroatoms. The molecule has 0 spiro atoms. The van der Waals surface area contributed by atoms with Crippen molar-refractivity contribution in [1.29, 1.82) is 0 Å². The minimum Gasteiger partial charge on any atom is -1.00 e. The van der Waals surface area contributed by atoms with Crippen molar-refractivity contribution in [3.05, 3.63) is 0 Å². The van der Waals surface area contributed by atoms with Crippen LogP contribution in [-0.2, 0) is 14.4 Å². The van der Waals surface area contributed by atoms with Crippen LogP contribution in [0.15, 0.2) is 4.99 Å². The van der Waals surface area contributed by atoms with Crippen LogP contribution in [0.25, 0.3) is 0 Å². The second-order valence-electron chi connectivity index (χ2n) is 1.82. The quantitative estimate of drug-likeness (QED) is 0.0761. The molecule has 0 aliphatic carbocycles. The van der Waals surface area contributed by atoms with Gasteiger partial charge in [-0.2, -0.15) is 4.99 Å². The zero-order chi connectivity index (χ0) is 12.6. The van der Waals surface area contributed by atoms with E-state index in [2.05, 4.69) is 30.2 Å². The standard InChI is InChI=1S/C4H3NO4S2.BH3O3.K.H/c6-1-5-4(10,11)2(7)3(8)9;2-1(3)4;;/h10-11H,(H,8,9);2-4H;;/q;;+1;-1. The molecule has 0 aliphatic heterocycles. The van der Waals surface area contributed by atoms with Gasteiger partial charge < -0.3 is 21.6 Å². The van der Waals surface area contributed by atoms with Crippen molar-refractivity contribution in [2.75, 3.05) is 0 Å². The zero-order valence-corrected chi connectivity index (χ0v) is 12.8. The van der Waals surface area contributed by atoms with Gasteiger partial charge in [-0.05, 0) is 0 Å². The molecule has 0 saturated heterocycles. The Kier molecular flexibility index (Phi) is 15.0. The van der Waals surface area contributed by atoms with Gasteiger partial charge in [0.1, 0.15) is 0 Å². The number of rotatable bonds is 3. The first kappa shape index (κ1) is 22.0. The SMILES string of the molecule is O=C=NC(S)(S)C(=O)C(=O)O.OB(O)O.[H-].[K+]. The topological polar surface area (TPSA) is 144 Å². The summed E-state index contributed by atoms with van der Waals surface area (Å²) in [5, 5.41) is 29.6. The first-order chi connectivity index (χ1) is 6.65. The molecule has 0 aliphatic rings. The number of thiol groups is 2. The number of ketones is 1. The fraction of sp³-hybridized carbons (Fsp3) is 0.250. The van der Waals surface area contributed by atoms with E-state index in [9.17, 15) is 14.4 Å². The normalized spacial score (nSPS) is 8.56. The van der Waals surface area contributed by atoms with Gasteiger partial charge in [-0.1, -0.05) is 0 Å². The predicted octanol–water partition coefficient (Wildman–Crippen LogP) is -5.45. The number of isocyanates is 1. The van der Waals surface area contributed by atoms with Gasteiger partial charge in [-0.15, -0.1) is 25.3 Å². The van der Waals surface area contributed by atoms with Crippen LogP contribution < -0.4 is 51.4 Å². The second kappa shape index (κ2) is 10.9. The van der Waals surface area contributed by atoms with Crippen molar-refractivity contribution >= 4 is 50.4 Å². The van der Waals surface area contributed by atoms with E-state index in [1.54, 1.807) is 0 Å². The van der Waals surface area contributed by atoms with Crippen LogP contribution >= 0.6 is 25.3 Å². The van der Waals surface area contributed by atoms with E-state index in [1.807, 2.05) is 0 Å². The number of carboxylic acid groups (broad SMARTS) is 1. The number of aliphatic imine (C=N–C) groups is 1. The van der Waals surface area contributed by atoms with E-state index in [0.717, 1.165) is 6.08 Å². The van der Waals surface area contributed by atoms with E-state index < -0.39 is 23.3 Å². The Morgan fingerprint density at radius 3 is 1.81 bits per heavy atom. The van der Waals surface area contributed by atoms with Crippen LogP contribution in [0.3, 0.4) is 0 Å². The molecular weight excluding hydrogens is 288 g/mol. The molecule has 0 aromatic heterocycles. The molecule has 0 bridgehead atoms. The Morgan fingerprint density at radius 1 is 1.31 bits per heavy atom. The predicted molar refractivity (Wildman–Crippen MR) is 55.0 cm³/mol.